The van der Waals surface area contributed by atoms with E-state index < -0.39 is 7.25 Å². The zero-order valence-electron chi connectivity index (χ0n) is 9.85. The lowest BCUT2D eigenvalue weighted by atomic mass is 10.2. The third-order valence-corrected chi connectivity index (χ3v) is 1.95. The van der Waals surface area contributed by atoms with E-state index in [2.05, 4.69) is 24.3 Å². The predicted octanol–water partition coefficient (Wildman–Crippen LogP) is 5.03. The van der Waals surface area contributed by atoms with E-state index in [9.17, 15) is 17.3 Å². The average molecular weight is 270 g/mol. The number of rotatable bonds is 2. The van der Waals surface area contributed by atoms with Gasteiger partial charge in [0.15, 0.2) is 0 Å². The number of benzene rings is 1. The molecule has 1 aromatic heterocycles. The molecule has 100 valence electrons. The fraction of sp³-hybridized carbons (Fsp3) is 0. The Balaban J connectivity index is 0.000000312. The van der Waals surface area contributed by atoms with Crippen molar-refractivity contribution in [3.05, 3.63) is 66.1 Å². The lowest BCUT2D eigenvalue weighted by Gasteiger charge is -1.94. The van der Waals surface area contributed by atoms with Crippen molar-refractivity contribution in [3.63, 3.8) is 0 Å². The van der Waals surface area contributed by atoms with Crippen LogP contribution in [0.2, 0.25) is 0 Å². The number of hydrogen-bond donors (Lipinski definition) is 0. The first-order valence-corrected chi connectivity index (χ1v) is 5.41. The summed E-state index contributed by atoms with van der Waals surface area (Å²) < 4.78 is 43.9. The van der Waals surface area contributed by atoms with Crippen molar-refractivity contribution in [2.75, 3.05) is 0 Å². The smallest absolute Gasteiger partial charge is 0.418 e. The standard InChI is InChI=1S/C13H11O.BF4/c1-2-4-12(5-3-1)6-7-13-8-10-14-11-9-13;2-1(3,4)5/h1-11H;/q+1;-1/b7-6+;. The van der Waals surface area contributed by atoms with Crippen molar-refractivity contribution in [2.24, 2.45) is 0 Å². The molecule has 0 unspecified atom stereocenters. The van der Waals surface area contributed by atoms with Crippen LogP contribution in [-0.4, -0.2) is 7.25 Å². The van der Waals surface area contributed by atoms with E-state index in [1.807, 2.05) is 30.3 Å². The molecule has 2 aromatic rings. The van der Waals surface area contributed by atoms with E-state index in [1.54, 1.807) is 12.5 Å². The van der Waals surface area contributed by atoms with Crippen LogP contribution in [0.1, 0.15) is 11.1 Å². The molecule has 0 fully saturated rings. The maximum Gasteiger partial charge on any atom is 0.673 e. The van der Waals surface area contributed by atoms with Gasteiger partial charge >= 0.3 is 19.8 Å². The van der Waals surface area contributed by atoms with Crippen molar-refractivity contribution in [1.82, 2.24) is 0 Å². The molecule has 0 aliphatic carbocycles. The second-order valence-corrected chi connectivity index (χ2v) is 3.48. The van der Waals surface area contributed by atoms with Gasteiger partial charge in [0.05, 0.1) is 0 Å². The molecule has 0 amide bonds. The molecule has 2 rings (SSSR count). The average Bonchev–Trinajstić information content (AvgIpc) is 2.37. The van der Waals surface area contributed by atoms with E-state index in [1.165, 1.54) is 5.56 Å². The van der Waals surface area contributed by atoms with Crippen LogP contribution in [0.4, 0.5) is 17.3 Å². The minimum Gasteiger partial charge on any atom is -0.418 e. The zero-order chi connectivity index (χ0) is 14.1. The molecular weight excluding hydrogens is 259 g/mol. The van der Waals surface area contributed by atoms with E-state index in [4.69, 9.17) is 4.42 Å². The van der Waals surface area contributed by atoms with Crippen LogP contribution in [0, 0.1) is 0 Å². The van der Waals surface area contributed by atoms with E-state index in [-0.39, 0.29) is 0 Å². The molecule has 6 heteroatoms. The molecule has 0 N–H and O–H groups in total. The van der Waals surface area contributed by atoms with Gasteiger partial charge in [-0.3, -0.25) is 0 Å². The molecule has 1 aromatic carbocycles. The van der Waals surface area contributed by atoms with Crippen LogP contribution >= 0.6 is 0 Å². The van der Waals surface area contributed by atoms with Gasteiger partial charge in [-0.05, 0) is 11.1 Å². The summed E-state index contributed by atoms with van der Waals surface area (Å²) in [4.78, 5) is 0. The van der Waals surface area contributed by atoms with E-state index >= 15 is 0 Å². The van der Waals surface area contributed by atoms with Gasteiger partial charge in [-0.15, -0.1) is 0 Å². The van der Waals surface area contributed by atoms with Gasteiger partial charge in [0.25, 0.3) is 0 Å². The van der Waals surface area contributed by atoms with Crippen LogP contribution in [-0.2, 0) is 0 Å². The molecule has 0 radical (unpaired) electrons. The van der Waals surface area contributed by atoms with Crippen LogP contribution in [0.5, 0.6) is 0 Å². The Labute approximate surface area is 108 Å². The van der Waals surface area contributed by atoms with Crippen LogP contribution in [0.3, 0.4) is 0 Å². The number of halogens is 4. The lowest BCUT2D eigenvalue weighted by molar-refractivity contribution is 0.368. The van der Waals surface area contributed by atoms with Crippen molar-refractivity contribution < 1.29 is 21.7 Å². The molecule has 1 nitrogen and oxygen atoms in total. The summed E-state index contributed by atoms with van der Waals surface area (Å²) in [5.74, 6) is 0. The highest BCUT2D eigenvalue weighted by atomic mass is 19.5. The van der Waals surface area contributed by atoms with E-state index in [0.717, 1.165) is 5.56 Å². The van der Waals surface area contributed by atoms with Crippen LogP contribution < -0.4 is 0 Å². The Kier molecular flexibility index (Phi) is 5.79. The molecule has 0 aliphatic rings. The van der Waals surface area contributed by atoms with Crippen LogP contribution in [0.25, 0.3) is 12.2 Å². The first-order valence-electron chi connectivity index (χ1n) is 5.41. The van der Waals surface area contributed by atoms with Gasteiger partial charge < -0.3 is 17.3 Å². The first kappa shape index (κ1) is 15.0. The third kappa shape index (κ3) is 8.60. The first-order chi connectivity index (χ1) is 8.95. The Morgan fingerprint density at radius 2 is 1.16 bits per heavy atom. The van der Waals surface area contributed by atoms with Crippen molar-refractivity contribution in [3.8, 4) is 0 Å². The Morgan fingerprint density at radius 1 is 0.737 bits per heavy atom. The monoisotopic (exact) mass is 270 g/mol. The van der Waals surface area contributed by atoms with Crippen molar-refractivity contribution in [1.29, 1.82) is 0 Å². The summed E-state index contributed by atoms with van der Waals surface area (Å²) in [7, 11) is -6.00. The highest BCUT2D eigenvalue weighted by molar-refractivity contribution is 6.50. The minimum absolute atomic E-state index is 1.14. The van der Waals surface area contributed by atoms with Gasteiger partial charge in [-0.25, -0.2) is 4.42 Å². The van der Waals surface area contributed by atoms with Gasteiger partial charge in [0.1, 0.15) is 0 Å². The highest BCUT2D eigenvalue weighted by Gasteiger charge is 2.20. The topological polar surface area (TPSA) is 11.3 Å². The second-order valence-electron chi connectivity index (χ2n) is 3.48. The summed E-state index contributed by atoms with van der Waals surface area (Å²) in [5.41, 5.74) is 2.34. The molecule has 0 spiro atoms. The lowest BCUT2D eigenvalue weighted by Crippen LogP contribution is -2.02. The van der Waals surface area contributed by atoms with E-state index in [0.29, 0.717) is 0 Å². The SMILES string of the molecule is C(=C\c1cc[o+]cc1)/c1ccccc1.F[B-](F)(F)F. The Hall–Kier alpha value is -2.11. The summed E-state index contributed by atoms with van der Waals surface area (Å²) in [6.45, 7) is 0. The maximum atomic E-state index is 9.75. The Bertz CT molecular complexity index is 450. The number of hydrogen-bond acceptors (Lipinski definition) is 0. The molecule has 0 bridgehead atoms. The third-order valence-electron chi connectivity index (χ3n) is 1.95. The van der Waals surface area contributed by atoms with Gasteiger partial charge in [0, 0.05) is 12.1 Å². The molecule has 0 saturated heterocycles. The molecule has 1 heterocycles. The summed E-state index contributed by atoms with van der Waals surface area (Å²) >= 11 is 0. The largest absolute Gasteiger partial charge is 0.673 e. The second kappa shape index (κ2) is 7.36. The van der Waals surface area contributed by atoms with Crippen molar-refractivity contribution in [2.45, 2.75) is 0 Å². The fourth-order valence-electron chi connectivity index (χ4n) is 1.20. The van der Waals surface area contributed by atoms with Crippen LogP contribution in [0.15, 0.2) is 59.4 Å². The maximum absolute atomic E-state index is 9.75. The molecular formula is C13H11BF4O. The van der Waals surface area contributed by atoms with Gasteiger partial charge in [-0.1, -0.05) is 42.5 Å². The van der Waals surface area contributed by atoms with Gasteiger partial charge in [-0.2, -0.15) is 0 Å². The quantitative estimate of drug-likeness (QED) is 0.423. The predicted molar refractivity (Wildman–Crippen MR) is 68.7 cm³/mol. The Morgan fingerprint density at radius 3 is 1.63 bits per heavy atom. The highest BCUT2D eigenvalue weighted by Crippen LogP contribution is 2.07. The summed E-state index contributed by atoms with van der Waals surface area (Å²) in [6.07, 6.45) is 7.48. The molecule has 0 saturated carbocycles. The molecule has 0 atom stereocenters. The molecule has 19 heavy (non-hydrogen) atoms. The minimum atomic E-state index is -6.00. The normalized spacial score (nSPS) is 10.9. The summed E-state index contributed by atoms with van der Waals surface area (Å²) in [6, 6.07) is 14.1. The summed E-state index contributed by atoms with van der Waals surface area (Å²) in [5, 5.41) is 0. The van der Waals surface area contributed by atoms with Crippen molar-refractivity contribution >= 4 is 19.4 Å². The zero-order valence-corrected chi connectivity index (χ0v) is 9.85. The molecule has 0 aliphatic heterocycles. The fourth-order valence-corrected chi connectivity index (χ4v) is 1.20. The van der Waals surface area contributed by atoms with Gasteiger partial charge in [0.2, 0.25) is 0 Å².